The van der Waals surface area contributed by atoms with Crippen LogP contribution in [0.25, 0.3) is 0 Å². The average Bonchev–Trinajstić information content (AvgIpc) is 2.47. The van der Waals surface area contributed by atoms with Crippen LogP contribution in [0, 0.1) is 0 Å². The summed E-state index contributed by atoms with van der Waals surface area (Å²) in [7, 11) is 0. The molecule has 5 nitrogen and oxygen atoms in total. The molecule has 1 fully saturated rings. The molecular formula is C14H18F3N3O2. The average molecular weight is 317 g/mol. The summed E-state index contributed by atoms with van der Waals surface area (Å²) in [5, 5.41) is 8.60. The highest BCUT2D eigenvalue weighted by atomic mass is 19.4. The van der Waals surface area contributed by atoms with E-state index < -0.39 is 17.8 Å². The molecule has 2 heterocycles. The quantitative estimate of drug-likeness (QED) is 0.901. The molecule has 0 unspecified atom stereocenters. The summed E-state index contributed by atoms with van der Waals surface area (Å²) in [6.07, 6.45) is -2.40. The number of hydrogen-bond acceptors (Lipinski definition) is 4. The van der Waals surface area contributed by atoms with Crippen molar-refractivity contribution < 1.29 is 23.1 Å². The van der Waals surface area contributed by atoms with Crippen LogP contribution in [0.1, 0.15) is 18.5 Å². The van der Waals surface area contributed by atoms with Gasteiger partial charge in [0, 0.05) is 32.6 Å². The van der Waals surface area contributed by atoms with Gasteiger partial charge in [-0.3, -0.25) is 9.69 Å². The first-order valence-corrected chi connectivity index (χ1v) is 7.08. The Bertz CT molecular complexity index is 497. The standard InChI is InChI=1S/C14H18F3N3O2/c15-14(16,17)12-4-3-11(10-18-12)20-8-6-19(7-9-20)5-1-2-13(21)22/h3-4,10H,1-2,5-9H2,(H,21,22). The van der Waals surface area contributed by atoms with Gasteiger partial charge < -0.3 is 10.0 Å². The number of piperazine rings is 1. The van der Waals surface area contributed by atoms with Crippen LogP contribution in [0.15, 0.2) is 18.3 Å². The second-order valence-corrected chi connectivity index (χ2v) is 5.23. The third-order valence-electron chi connectivity index (χ3n) is 3.64. The molecule has 2 rings (SSSR count). The third-order valence-corrected chi connectivity index (χ3v) is 3.64. The van der Waals surface area contributed by atoms with Crippen LogP contribution in [-0.2, 0) is 11.0 Å². The molecule has 22 heavy (non-hydrogen) atoms. The minimum Gasteiger partial charge on any atom is -0.481 e. The number of carboxylic acids is 1. The van der Waals surface area contributed by atoms with E-state index in [-0.39, 0.29) is 6.42 Å². The number of hydrogen-bond donors (Lipinski definition) is 1. The maximum Gasteiger partial charge on any atom is 0.433 e. The first-order valence-electron chi connectivity index (χ1n) is 7.08. The zero-order valence-electron chi connectivity index (χ0n) is 12.0. The Balaban J connectivity index is 1.82. The number of aliphatic carboxylic acids is 1. The van der Waals surface area contributed by atoms with E-state index in [1.807, 2.05) is 4.90 Å². The largest absolute Gasteiger partial charge is 0.481 e. The second-order valence-electron chi connectivity index (χ2n) is 5.23. The minimum absolute atomic E-state index is 0.156. The molecule has 0 spiro atoms. The molecule has 8 heteroatoms. The lowest BCUT2D eigenvalue weighted by Crippen LogP contribution is -2.46. The van der Waals surface area contributed by atoms with E-state index in [1.54, 1.807) is 0 Å². The van der Waals surface area contributed by atoms with E-state index in [0.717, 1.165) is 25.7 Å². The van der Waals surface area contributed by atoms with Crippen LogP contribution in [0.2, 0.25) is 0 Å². The SMILES string of the molecule is O=C(O)CCCN1CCN(c2ccc(C(F)(F)F)nc2)CC1. The number of aromatic nitrogens is 1. The van der Waals surface area contributed by atoms with E-state index in [4.69, 9.17) is 5.11 Å². The minimum atomic E-state index is -4.42. The molecule has 1 saturated heterocycles. The van der Waals surface area contributed by atoms with Crippen molar-refractivity contribution in [3.8, 4) is 0 Å². The van der Waals surface area contributed by atoms with Crippen molar-refractivity contribution >= 4 is 11.7 Å². The van der Waals surface area contributed by atoms with Crippen molar-refractivity contribution in [1.29, 1.82) is 0 Å². The molecule has 0 radical (unpaired) electrons. The molecule has 1 N–H and O–H groups in total. The summed E-state index contributed by atoms with van der Waals surface area (Å²) < 4.78 is 37.4. The summed E-state index contributed by atoms with van der Waals surface area (Å²) in [6.45, 7) is 3.65. The molecule has 0 amide bonds. The van der Waals surface area contributed by atoms with Crippen LogP contribution in [-0.4, -0.2) is 53.7 Å². The van der Waals surface area contributed by atoms with E-state index in [2.05, 4.69) is 9.88 Å². The normalized spacial score (nSPS) is 16.8. The van der Waals surface area contributed by atoms with Crippen molar-refractivity contribution in [2.45, 2.75) is 19.0 Å². The molecule has 122 valence electrons. The smallest absolute Gasteiger partial charge is 0.433 e. The van der Waals surface area contributed by atoms with Crippen molar-refractivity contribution in [2.75, 3.05) is 37.6 Å². The molecular weight excluding hydrogens is 299 g/mol. The fourth-order valence-electron chi connectivity index (χ4n) is 2.42. The predicted molar refractivity (Wildman–Crippen MR) is 74.8 cm³/mol. The van der Waals surface area contributed by atoms with Gasteiger partial charge in [0.25, 0.3) is 0 Å². The number of rotatable bonds is 5. The number of alkyl halides is 3. The van der Waals surface area contributed by atoms with Gasteiger partial charge in [0.2, 0.25) is 0 Å². The second kappa shape index (κ2) is 6.95. The monoisotopic (exact) mass is 317 g/mol. The number of halogens is 3. The maximum atomic E-state index is 12.5. The summed E-state index contributed by atoms with van der Waals surface area (Å²) in [6, 6.07) is 2.43. The van der Waals surface area contributed by atoms with E-state index >= 15 is 0 Å². The number of nitrogens with zero attached hydrogens (tertiary/aromatic N) is 3. The highest BCUT2D eigenvalue weighted by molar-refractivity contribution is 5.66. The molecule has 1 aliphatic rings. The maximum absolute atomic E-state index is 12.5. The highest BCUT2D eigenvalue weighted by Gasteiger charge is 2.32. The summed E-state index contributed by atoms with van der Waals surface area (Å²) in [4.78, 5) is 18.1. The Morgan fingerprint density at radius 1 is 1.23 bits per heavy atom. The zero-order chi connectivity index (χ0) is 16.2. The molecule has 1 aromatic heterocycles. The lowest BCUT2D eigenvalue weighted by molar-refractivity contribution is -0.141. The van der Waals surface area contributed by atoms with Gasteiger partial charge in [-0.2, -0.15) is 13.2 Å². The molecule has 1 aromatic rings. The van der Waals surface area contributed by atoms with Crippen LogP contribution in [0.3, 0.4) is 0 Å². The first-order chi connectivity index (χ1) is 10.4. The summed E-state index contributed by atoms with van der Waals surface area (Å²) in [5.74, 6) is -0.797. The summed E-state index contributed by atoms with van der Waals surface area (Å²) in [5.41, 5.74) is -0.207. The van der Waals surface area contributed by atoms with Gasteiger partial charge in [-0.25, -0.2) is 4.98 Å². The van der Waals surface area contributed by atoms with Crippen molar-refractivity contribution in [3.05, 3.63) is 24.0 Å². The van der Waals surface area contributed by atoms with Gasteiger partial charge in [-0.1, -0.05) is 0 Å². The number of carbonyl (C=O) groups is 1. The van der Waals surface area contributed by atoms with Crippen molar-refractivity contribution in [2.24, 2.45) is 0 Å². The fourth-order valence-corrected chi connectivity index (χ4v) is 2.42. The lowest BCUT2D eigenvalue weighted by Gasteiger charge is -2.35. The van der Waals surface area contributed by atoms with Gasteiger partial charge in [0.05, 0.1) is 11.9 Å². The molecule has 0 bridgehead atoms. The third kappa shape index (κ3) is 4.59. The van der Waals surface area contributed by atoms with E-state index in [1.165, 1.54) is 12.3 Å². The van der Waals surface area contributed by atoms with Crippen LogP contribution in [0.4, 0.5) is 18.9 Å². The predicted octanol–water partition coefficient (Wildman–Crippen LogP) is 2.09. The Morgan fingerprint density at radius 3 is 2.41 bits per heavy atom. The van der Waals surface area contributed by atoms with Crippen molar-refractivity contribution in [3.63, 3.8) is 0 Å². The van der Waals surface area contributed by atoms with Crippen LogP contribution < -0.4 is 4.90 Å². The number of pyridine rings is 1. The van der Waals surface area contributed by atoms with Gasteiger partial charge in [0.15, 0.2) is 0 Å². The first kappa shape index (κ1) is 16.5. The Labute approximate surface area is 126 Å². The molecule has 0 atom stereocenters. The zero-order valence-corrected chi connectivity index (χ0v) is 12.0. The van der Waals surface area contributed by atoms with Crippen LogP contribution >= 0.6 is 0 Å². The topological polar surface area (TPSA) is 56.7 Å². The number of anilines is 1. The van der Waals surface area contributed by atoms with E-state index in [0.29, 0.717) is 25.2 Å². The van der Waals surface area contributed by atoms with Crippen molar-refractivity contribution in [1.82, 2.24) is 9.88 Å². The van der Waals surface area contributed by atoms with Gasteiger partial charge in [-0.15, -0.1) is 0 Å². The summed E-state index contributed by atoms with van der Waals surface area (Å²) >= 11 is 0. The lowest BCUT2D eigenvalue weighted by atomic mass is 10.2. The molecule has 1 aliphatic heterocycles. The van der Waals surface area contributed by atoms with Gasteiger partial charge >= 0.3 is 12.1 Å². The Kier molecular flexibility index (Phi) is 5.23. The fraction of sp³-hybridized carbons (Fsp3) is 0.571. The van der Waals surface area contributed by atoms with Crippen LogP contribution in [0.5, 0.6) is 0 Å². The molecule has 0 aromatic carbocycles. The number of carboxylic acid groups (broad SMARTS) is 1. The van der Waals surface area contributed by atoms with Gasteiger partial charge in [0.1, 0.15) is 5.69 Å². The van der Waals surface area contributed by atoms with Gasteiger partial charge in [-0.05, 0) is 25.1 Å². The Morgan fingerprint density at radius 2 is 1.91 bits per heavy atom. The van der Waals surface area contributed by atoms with E-state index in [9.17, 15) is 18.0 Å². The Hall–Kier alpha value is -1.83. The molecule has 0 aliphatic carbocycles. The highest BCUT2D eigenvalue weighted by Crippen LogP contribution is 2.28. The molecule has 0 saturated carbocycles.